The highest BCUT2D eigenvalue weighted by Crippen LogP contribution is 2.18. The van der Waals surface area contributed by atoms with E-state index in [0.717, 1.165) is 89.9 Å². The lowest BCUT2D eigenvalue weighted by molar-refractivity contribution is -0.167. The summed E-state index contributed by atoms with van der Waals surface area (Å²) in [6, 6.07) is 0. The van der Waals surface area contributed by atoms with Crippen LogP contribution in [0.3, 0.4) is 0 Å². The van der Waals surface area contributed by atoms with Crippen LogP contribution in [0.4, 0.5) is 0 Å². The Morgan fingerprint density at radius 1 is 0.266 bits per heavy atom. The summed E-state index contributed by atoms with van der Waals surface area (Å²) in [5.41, 5.74) is 0. The number of hydrogen-bond acceptors (Lipinski definition) is 6. The minimum Gasteiger partial charge on any atom is -0.462 e. The fraction of sp³-hybridized carbons (Fsp3) is 0.795. The highest BCUT2D eigenvalue weighted by Gasteiger charge is 2.19. The second-order valence-electron chi connectivity index (χ2n) is 23.1. The van der Waals surface area contributed by atoms with E-state index in [1.807, 2.05) is 0 Å². The van der Waals surface area contributed by atoms with E-state index in [-0.39, 0.29) is 31.1 Å². The number of unbranched alkanes of at least 4 members (excludes halogenated alkanes) is 40. The van der Waals surface area contributed by atoms with Crippen LogP contribution in [0.15, 0.2) is 72.9 Å². The van der Waals surface area contributed by atoms with Gasteiger partial charge in [0.25, 0.3) is 0 Å². The Morgan fingerprint density at radius 3 is 0.797 bits per heavy atom. The third-order valence-corrected chi connectivity index (χ3v) is 15.2. The molecule has 0 saturated heterocycles. The van der Waals surface area contributed by atoms with Crippen molar-refractivity contribution < 1.29 is 28.6 Å². The largest absolute Gasteiger partial charge is 0.462 e. The van der Waals surface area contributed by atoms with Gasteiger partial charge in [0.1, 0.15) is 13.2 Å². The van der Waals surface area contributed by atoms with E-state index in [1.54, 1.807) is 0 Å². The van der Waals surface area contributed by atoms with Gasteiger partial charge < -0.3 is 14.2 Å². The molecule has 0 aromatic heterocycles. The van der Waals surface area contributed by atoms with Crippen molar-refractivity contribution in [1.82, 2.24) is 0 Å². The van der Waals surface area contributed by atoms with Gasteiger partial charge in [-0.05, 0) is 89.9 Å². The van der Waals surface area contributed by atoms with Crippen molar-refractivity contribution in [2.24, 2.45) is 0 Å². The molecular formula is C73H130O6. The van der Waals surface area contributed by atoms with Crippen molar-refractivity contribution >= 4 is 17.9 Å². The van der Waals surface area contributed by atoms with Gasteiger partial charge in [-0.2, -0.15) is 0 Å². The zero-order chi connectivity index (χ0) is 57.1. The number of esters is 3. The van der Waals surface area contributed by atoms with E-state index in [9.17, 15) is 14.4 Å². The Balaban J connectivity index is 4.06. The SMILES string of the molecule is CC/C=C\C/C=C\C/C=C\C/C=C\CCCCCCCCCCCCCCCCCCCCCCC(=O)OCC(COC(=O)CCCCCCCCCCC)OC(=O)CCCCCCCCCCC/C=C\C/C=C\CCCCC. The summed E-state index contributed by atoms with van der Waals surface area (Å²) in [6.45, 7) is 6.53. The summed E-state index contributed by atoms with van der Waals surface area (Å²) < 4.78 is 16.9. The second kappa shape index (κ2) is 67.4. The Labute approximate surface area is 491 Å². The predicted molar refractivity (Wildman–Crippen MR) is 344 cm³/mol. The van der Waals surface area contributed by atoms with Gasteiger partial charge in [0, 0.05) is 19.3 Å². The van der Waals surface area contributed by atoms with E-state index in [2.05, 4.69) is 93.7 Å². The molecule has 0 aromatic carbocycles. The summed E-state index contributed by atoms with van der Waals surface area (Å²) in [5, 5.41) is 0. The van der Waals surface area contributed by atoms with Gasteiger partial charge in [-0.25, -0.2) is 0 Å². The molecule has 0 aliphatic heterocycles. The first-order valence-corrected chi connectivity index (χ1v) is 34.4. The molecule has 0 aromatic rings. The van der Waals surface area contributed by atoms with Crippen LogP contribution in [0.2, 0.25) is 0 Å². The molecule has 0 rings (SSSR count). The number of hydrogen-bond donors (Lipinski definition) is 0. The Kier molecular flexibility index (Phi) is 64.7. The summed E-state index contributed by atoms with van der Waals surface area (Å²) in [7, 11) is 0. The quantitative estimate of drug-likeness (QED) is 0.0261. The third kappa shape index (κ3) is 65.5. The molecule has 0 bridgehead atoms. The number of ether oxygens (including phenoxy) is 3. The fourth-order valence-electron chi connectivity index (χ4n) is 10.1. The fourth-order valence-corrected chi connectivity index (χ4v) is 10.1. The first kappa shape index (κ1) is 75.8. The number of allylic oxidation sites excluding steroid dienone is 12. The summed E-state index contributed by atoms with van der Waals surface area (Å²) in [5.74, 6) is -0.858. The maximum Gasteiger partial charge on any atom is 0.306 e. The third-order valence-electron chi connectivity index (χ3n) is 15.2. The molecule has 0 heterocycles. The normalized spacial score (nSPS) is 12.5. The van der Waals surface area contributed by atoms with Crippen molar-refractivity contribution in [2.75, 3.05) is 13.2 Å². The van der Waals surface area contributed by atoms with Gasteiger partial charge in [0.05, 0.1) is 0 Å². The molecule has 6 heteroatoms. The smallest absolute Gasteiger partial charge is 0.306 e. The first-order valence-electron chi connectivity index (χ1n) is 34.4. The van der Waals surface area contributed by atoms with Crippen LogP contribution in [0.25, 0.3) is 0 Å². The molecule has 0 N–H and O–H groups in total. The molecule has 0 radical (unpaired) electrons. The van der Waals surface area contributed by atoms with Crippen molar-refractivity contribution in [2.45, 2.75) is 361 Å². The molecule has 79 heavy (non-hydrogen) atoms. The van der Waals surface area contributed by atoms with E-state index in [4.69, 9.17) is 14.2 Å². The zero-order valence-electron chi connectivity index (χ0n) is 52.6. The van der Waals surface area contributed by atoms with Gasteiger partial charge in [-0.3, -0.25) is 14.4 Å². The van der Waals surface area contributed by atoms with E-state index in [1.165, 1.54) is 225 Å². The van der Waals surface area contributed by atoms with Crippen LogP contribution in [0.1, 0.15) is 355 Å². The van der Waals surface area contributed by atoms with Gasteiger partial charge in [-0.1, -0.05) is 318 Å². The van der Waals surface area contributed by atoms with E-state index >= 15 is 0 Å². The molecule has 0 fully saturated rings. The average Bonchev–Trinajstić information content (AvgIpc) is 3.45. The molecule has 0 aliphatic carbocycles. The highest BCUT2D eigenvalue weighted by atomic mass is 16.6. The molecule has 458 valence electrons. The minimum absolute atomic E-state index is 0.0714. The van der Waals surface area contributed by atoms with Crippen molar-refractivity contribution in [3.63, 3.8) is 0 Å². The standard InChI is InChI=1S/C73H130O6/c1-4-7-10-13-16-19-21-23-25-27-29-30-31-32-33-34-35-36-37-38-39-40-41-42-44-45-47-49-51-54-57-60-63-66-72(75)78-69-70(68-77-71(74)65-62-59-56-53-18-15-12-9-6-3)79-73(76)67-64-61-58-55-52-50-48-46-43-28-26-24-22-20-17-14-11-8-5-2/h7,10,16-17,19-20,23-26,29-30,70H,4-6,8-9,11-15,18,21-22,27-28,31-69H2,1-3H3/b10-7-,19-16-,20-17-,25-23-,26-24-,30-29-. The maximum atomic E-state index is 12.9. The van der Waals surface area contributed by atoms with Gasteiger partial charge >= 0.3 is 17.9 Å². The van der Waals surface area contributed by atoms with Crippen molar-refractivity contribution in [3.8, 4) is 0 Å². The Bertz CT molecular complexity index is 1450. The van der Waals surface area contributed by atoms with Gasteiger partial charge in [0.15, 0.2) is 6.10 Å². The lowest BCUT2D eigenvalue weighted by Crippen LogP contribution is -2.30. The van der Waals surface area contributed by atoms with Crippen LogP contribution in [-0.4, -0.2) is 37.2 Å². The summed E-state index contributed by atoms with van der Waals surface area (Å²) >= 11 is 0. The number of rotatable bonds is 63. The molecular weight excluding hydrogens is 973 g/mol. The molecule has 0 saturated carbocycles. The average molecular weight is 1100 g/mol. The lowest BCUT2D eigenvalue weighted by Gasteiger charge is -2.18. The lowest BCUT2D eigenvalue weighted by atomic mass is 10.0. The molecule has 0 aliphatic rings. The molecule has 6 nitrogen and oxygen atoms in total. The number of carbonyl (C=O) groups is 3. The molecule has 1 atom stereocenters. The van der Waals surface area contributed by atoms with Crippen LogP contribution in [0, 0.1) is 0 Å². The maximum absolute atomic E-state index is 12.9. The molecule has 1 unspecified atom stereocenters. The topological polar surface area (TPSA) is 78.9 Å². The van der Waals surface area contributed by atoms with Crippen LogP contribution < -0.4 is 0 Å². The van der Waals surface area contributed by atoms with E-state index < -0.39 is 6.10 Å². The Hall–Kier alpha value is -3.15. The number of carbonyl (C=O) groups excluding carboxylic acids is 3. The predicted octanol–water partition coefficient (Wildman–Crippen LogP) is 23.7. The van der Waals surface area contributed by atoms with Crippen LogP contribution >= 0.6 is 0 Å². The monoisotopic (exact) mass is 1100 g/mol. The first-order chi connectivity index (χ1) is 39.0. The van der Waals surface area contributed by atoms with Gasteiger partial charge in [-0.15, -0.1) is 0 Å². The summed E-state index contributed by atoms with van der Waals surface area (Å²) in [4.78, 5) is 38.2. The summed E-state index contributed by atoms with van der Waals surface area (Å²) in [6.07, 6.45) is 88.0. The molecule has 0 spiro atoms. The van der Waals surface area contributed by atoms with E-state index in [0.29, 0.717) is 19.3 Å². The van der Waals surface area contributed by atoms with Crippen LogP contribution in [-0.2, 0) is 28.6 Å². The second-order valence-corrected chi connectivity index (χ2v) is 23.1. The Morgan fingerprint density at radius 2 is 0.494 bits per heavy atom. The minimum atomic E-state index is -0.773. The van der Waals surface area contributed by atoms with Gasteiger partial charge in [0.2, 0.25) is 0 Å². The zero-order valence-corrected chi connectivity index (χ0v) is 52.6. The molecule has 0 amide bonds. The highest BCUT2D eigenvalue weighted by molar-refractivity contribution is 5.71. The van der Waals surface area contributed by atoms with Crippen LogP contribution in [0.5, 0.6) is 0 Å². The van der Waals surface area contributed by atoms with Crippen molar-refractivity contribution in [3.05, 3.63) is 72.9 Å². The van der Waals surface area contributed by atoms with Crippen molar-refractivity contribution in [1.29, 1.82) is 0 Å².